The Morgan fingerprint density at radius 1 is 1.37 bits per heavy atom. The second-order valence-corrected chi connectivity index (χ2v) is 5.38. The fourth-order valence-electron chi connectivity index (χ4n) is 2.41. The van der Waals surface area contributed by atoms with Gasteiger partial charge in [0.2, 0.25) is 0 Å². The average molecular weight is 282 g/mol. The highest BCUT2D eigenvalue weighted by Crippen LogP contribution is 2.21. The molecule has 5 heteroatoms. The van der Waals surface area contributed by atoms with E-state index < -0.39 is 11.9 Å². The first-order valence-corrected chi connectivity index (χ1v) is 6.64. The molecule has 1 atom stereocenters. The number of aliphatic carboxylic acids is 1. The molecule has 1 unspecified atom stereocenters. The zero-order chi connectivity index (χ0) is 14.0. The lowest BCUT2D eigenvalue weighted by Gasteiger charge is -2.30. The number of carbonyl (C=O) groups excluding carboxylic acids is 1. The number of aryl methyl sites for hydroxylation is 1. The molecule has 1 aromatic rings. The second kappa shape index (κ2) is 5.61. The lowest BCUT2D eigenvalue weighted by molar-refractivity contribution is -0.143. The van der Waals surface area contributed by atoms with Gasteiger partial charge in [-0.15, -0.1) is 0 Å². The number of carboxylic acids is 1. The van der Waals surface area contributed by atoms with Crippen molar-refractivity contribution in [2.45, 2.75) is 19.8 Å². The topological polar surface area (TPSA) is 57.6 Å². The summed E-state index contributed by atoms with van der Waals surface area (Å²) in [6.45, 7) is 2.76. The predicted molar refractivity (Wildman–Crippen MR) is 72.5 cm³/mol. The van der Waals surface area contributed by atoms with E-state index in [1.807, 2.05) is 6.92 Å². The summed E-state index contributed by atoms with van der Waals surface area (Å²) < 4.78 is 0. The molecule has 102 valence electrons. The van der Waals surface area contributed by atoms with Gasteiger partial charge in [0.05, 0.1) is 5.92 Å². The number of nitrogens with zero attached hydrogens (tertiary/aromatic N) is 1. The number of amides is 1. The van der Waals surface area contributed by atoms with Crippen LogP contribution in [0.5, 0.6) is 0 Å². The van der Waals surface area contributed by atoms with Crippen molar-refractivity contribution >= 4 is 23.5 Å². The van der Waals surface area contributed by atoms with Gasteiger partial charge in [-0.2, -0.15) is 0 Å². The predicted octanol–water partition coefficient (Wildman–Crippen LogP) is 2.59. The van der Waals surface area contributed by atoms with Gasteiger partial charge in [0.1, 0.15) is 0 Å². The second-order valence-electron chi connectivity index (χ2n) is 4.95. The third kappa shape index (κ3) is 3.26. The number of carboxylic acid groups (broad SMARTS) is 1. The molecule has 1 aliphatic rings. The summed E-state index contributed by atoms with van der Waals surface area (Å²) in [5, 5.41) is 9.56. The molecule has 1 heterocycles. The molecule has 1 N–H and O–H groups in total. The number of carbonyl (C=O) groups is 2. The van der Waals surface area contributed by atoms with E-state index in [4.69, 9.17) is 16.7 Å². The Morgan fingerprint density at radius 2 is 2.11 bits per heavy atom. The lowest BCUT2D eigenvalue weighted by atomic mass is 9.97. The first kappa shape index (κ1) is 13.9. The van der Waals surface area contributed by atoms with E-state index in [2.05, 4.69) is 0 Å². The van der Waals surface area contributed by atoms with Crippen molar-refractivity contribution in [2.75, 3.05) is 13.1 Å². The molecule has 0 radical (unpaired) electrons. The quantitative estimate of drug-likeness (QED) is 0.906. The fraction of sp³-hybridized carbons (Fsp3) is 0.429. The summed E-state index contributed by atoms with van der Waals surface area (Å²) in [4.78, 5) is 25.0. The van der Waals surface area contributed by atoms with E-state index in [9.17, 15) is 9.59 Å². The molecule has 4 nitrogen and oxygen atoms in total. The number of likely N-dealkylation sites (tertiary alicyclic amines) is 1. The Morgan fingerprint density at radius 3 is 2.74 bits per heavy atom. The van der Waals surface area contributed by atoms with E-state index in [1.165, 1.54) is 0 Å². The minimum atomic E-state index is -0.834. The van der Waals surface area contributed by atoms with Gasteiger partial charge in [0, 0.05) is 23.7 Å². The van der Waals surface area contributed by atoms with Crippen LogP contribution < -0.4 is 0 Å². The molecule has 0 spiro atoms. The largest absolute Gasteiger partial charge is 0.481 e. The smallest absolute Gasteiger partial charge is 0.308 e. The summed E-state index contributed by atoms with van der Waals surface area (Å²) in [6.07, 6.45) is 1.36. The molecular formula is C14H16ClNO3. The van der Waals surface area contributed by atoms with Gasteiger partial charge in [0.15, 0.2) is 0 Å². The zero-order valence-corrected chi connectivity index (χ0v) is 11.5. The van der Waals surface area contributed by atoms with Gasteiger partial charge < -0.3 is 10.0 Å². The summed E-state index contributed by atoms with van der Waals surface area (Å²) in [6, 6.07) is 5.19. The monoisotopic (exact) mass is 281 g/mol. The molecule has 1 aromatic carbocycles. The van der Waals surface area contributed by atoms with Crippen LogP contribution in [-0.4, -0.2) is 35.0 Å². The number of halogens is 1. The van der Waals surface area contributed by atoms with Crippen LogP contribution in [0.25, 0.3) is 0 Å². The molecule has 1 fully saturated rings. The molecular weight excluding hydrogens is 266 g/mol. The Hall–Kier alpha value is -1.55. The minimum absolute atomic E-state index is 0.142. The Bertz CT molecular complexity index is 495. The van der Waals surface area contributed by atoms with Crippen LogP contribution in [0.1, 0.15) is 28.8 Å². The van der Waals surface area contributed by atoms with Gasteiger partial charge in [-0.25, -0.2) is 0 Å². The highest BCUT2D eigenvalue weighted by molar-refractivity contribution is 6.31. The standard InChI is InChI=1S/C14H16ClNO3/c1-9-5-11(7-12(15)6-9)13(17)16-4-2-3-10(8-16)14(18)19/h5-7,10H,2-4,8H2,1H3,(H,18,19). The number of benzene rings is 1. The molecule has 1 amide bonds. The van der Waals surface area contributed by atoms with Crippen LogP contribution in [0, 0.1) is 12.8 Å². The van der Waals surface area contributed by atoms with Gasteiger partial charge in [-0.05, 0) is 43.5 Å². The van der Waals surface area contributed by atoms with Crippen molar-refractivity contribution in [1.82, 2.24) is 4.90 Å². The summed E-state index contributed by atoms with van der Waals surface area (Å²) in [7, 11) is 0. The van der Waals surface area contributed by atoms with Crippen LogP contribution >= 0.6 is 11.6 Å². The molecule has 1 saturated heterocycles. The Balaban J connectivity index is 2.16. The molecule has 0 aromatic heterocycles. The van der Waals surface area contributed by atoms with Crippen molar-refractivity contribution in [3.05, 3.63) is 34.3 Å². The highest BCUT2D eigenvalue weighted by atomic mass is 35.5. The maximum absolute atomic E-state index is 12.3. The Labute approximate surface area is 117 Å². The number of hydrogen-bond donors (Lipinski definition) is 1. The maximum Gasteiger partial charge on any atom is 0.308 e. The Kier molecular flexibility index (Phi) is 4.10. The SMILES string of the molecule is Cc1cc(Cl)cc(C(=O)N2CCCC(C(=O)O)C2)c1. The maximum atomic E-state index is 12.3. The van der Waals surface area contributed by atoms with Crippen LogP contribution in [0.3, 0.4) is 0 Å². The summed E-state index contributed by atoms with van der Waals surface area (Å²) in [5.41, 5.74) is 1.44. The first-order valence-electron chi connectivity index (χ1n) is 6.26. The lowest BCUT2D eigenvalue weighted by Crippen LogP contribution is -2.42. The number of piperidine rings is 1. The molecule has 0 bridgehead atoms. The molecule has 1 aliphatic heterocycles. The number of rotatable bonds is 2. The van der Waals surface area contributed by atoms with Crippen molar-refractivity contribution in [3.63, 3.8) is 0 Å². The molecule has 0 aliphatic carbocycles. The third-order valence-corrected chi connectivity index (χ3v) is 3.57. The van der Waals surface area contributed by atoms with E-state index in [0.717, 1.165) is 12.0 Å². The minimum Gasteiger partial charge on any atom is -0.481 e. The van der Waals surface area contributed by atoms with Gasteiger partial charge in [-0.1, -0.05) is 11.6 Å². The van der Waals surface area contributed by atoms with Crippen molar-refractivity contribution < 1.29 is 14.7 Å². The van der Waals surface area contributed by atoms with Gasteiger partial charge in [-0.3, -0.25) is 9.59 Å². The normalized spacial score (nSPS) is 19.3. The van der Waals surface area contributed by atoms with E-state index in [0.29, 0.717) is 23.6 Å². The fourth-order valence-corrected chi connectivity index (χ4v) is 2.70. The first-order chi connectivity index (χ1) is 8.97. The molecule has 2 rings (SSSR count). The van der Waals surface area contributed by atoms with Gasteiger partial charge >= 0.3 is 5.97 Å². The molecule has 0 saturated carbocycles. The van der Waals surface area contributed by atoms with Crippen molar-refractivity contribution in [3.8, 4) is 0 Å². The third-order valence-electron chi connectivity index (χ3n) is 3.35. The van der Waals surface area contributed by atoms with Crippen LogP contribution in [0.15, 0.2) is 18.2 Å². The van der Waals surface area contributed by atoms with Crippen LogP contribution in [0.2, 0.25) is 5.02 Å². The average Bonchev–Trinajstić information content (AvgIpc) is 2.37. The highest BCUT2D eigenvalue weighted by Gasteiger charge is 2.28. The van der Waals surface area contributed by atoms with Crippen LogP contribution in [-0.2, 0) is 4.79 Å². The van der Waals surface area contributed by atoms with E-state index in [1.54, 1.807) is 23.1 Å². The van der Waals surface area contributed by atoms with E-state index in [-0.39, 0.29) is 12.5 Å². The van der Waals surface area contributed by atoms with Crippen molar-refractivity contribution in [2.24, 2.45) is 5.92 Å². The number of hydrogen-bond acceptors (Lipinski definition) is 2. The summed E-state index contributed by atoms with van der Waals surface area (Å²) in [5.74, 6) is -1.44. The van der Waals surface area contributed by atoms with E-state index >= 15 is 0 Å². The van der Waals surface area contributed by atoms with Crippen LogP contribution in [0.4, 0.5) is 0 Å². The molecule has 19 heavy (non-hydrogen) atoms. The zero-order valence-electron chi connectivity index (χ0n) is 10.7. The van der Waals surface area contributed by atoms with Gasteiger partial charge in [0.25, 0.3) is 5.91 Å². The van der Waals surface area contributed by atoms with Crippen molar-refractivity contribution in [1.29, 1.82) is 0 Å². The summed E-state index contributed by atoms with van der Waals surface area (Å²) >= 11 is 5.95.